The van der Waals surface area contributed by atoms with Crippen LogP contribution in [0.15, 0.2) is 0 Å². The van der Waals surface area contributed by atoms with Gasteiger partial charge in [0, 0.05) is 25.2 Å². The number of nitrogens with one attached hydrogen (secondary N) is 1. The summed E-state index contributed by atoms with van der Waals surface area (Å²) in [5, 5.41) is 3.78. The molecule has 3 N–H and O–H groups in total. The molecule has 0 aromatic carbocycles. The van der Waals surface area contributed by atoms with Crippen molar-refractivity contribution < 1.29 is 0 Å². The Balaban J connectivity index is 2.44. The maximum Gasteiger partial charge on any atom is 0.0309 e. The van der Waals surface area contributed by atoms with Gasteiger partial charge in [-0.15, -0.1) is 0 Å². The van der Waals surface area contributed by atoms with Crippen LogP contribution < -0.4 is 11.1 Å². The van der Waals surface area contributed by atoms with E-state index >= 15 is 0 Å². The van der Waals surface area contributed by atoms with Gasteiger partial charge in [0.2, 0.25) is 0 Å². The van der Waals surface area contributed by atoms with E-state index in [0.717, 1.165) is 44.6 Å². The Hall–Kier alpha value is -0.120. The van der Waals surface area contributed by atoms with E-state index in [1.54, 1.807) is 0 Å². The normalized spacial score (nSPS) is 33.0. The fourth-order valence-corrected chi connectivity index (χ4v) is 3.67. The van der Waals surface area contributed by atoms with Crippen LogP contribution in [0.4, 0.5) is 0 Å². The summed E-state index contributed by atoms with van der Waals surface area (Å²) >= 11 is 0. The van der Waals surface area contributed by atoms with E-state index in [1.807, 2.05) is 0 Å². The van der Waals surface area contributed by atoms with Gasteiger partial charge in [-0.2, -0.15) is 0 Å². The van der Waals surface area contributed by atoms with Gasteiger partial charge in [-0.05, 0) is 44.2 Å². The molecular formula is C15H33N3. The maximum atomic E-state index is 6.07. The zero-order valence-electron chi connectivity index (χ0n) is 12.8. The van der Waals surface area contributed by atoms with E-state index in [9.17, 15) is 0 Å². The summed E-state index contributed by atoms with van der Waals surface area (Å²) in [6.45, 7) is 14.5. The Morgan fingerprint density at radius 3 is 2.17 bits per heavy atom. The Morgan fingerprint density at radius 2 is 1.72 bits per heavy atom. The molecule has 2 unspecified atom stereocenters. The highest BCUT2D eigenvalue weighted by molar-refractivity contribution is 4.95. The molecular weight excluding hydrogens is 222 g/mol. The van der Waals surface area contributed by atoms with Crippen LogP contribution >= 0.6 is 0 Å². The predicted molar refractivity (Wildman–Crippen MR) is 79.8 cm³/mol. The van der Waals surface area contributed by atoms with Crippen molar-refractivity contribution in [1.82, 2.24) is 10.2 Å². The van der Waals surface area contributed by atoms with E-state index in [1.165, 1.54) is 19.3 Å². The van der Waals surface area contributed by atoms with Crippen molar-refractivity contribution >= 4 is 0 Å². The van der Waals surface area contributed by atoms with Crippen LogP contribution in [-0.4, -0.2) is 43.2 Å². The number of nitrogens with zero attached hydrogens (tertiary/aromatic N) is 1. The monoisotopic (exact) mass is 255 g/mol. The molecule has 1 saturated carbocycles. The summed E-state index contributed by atoms with van der Waals surface area (Å²) < 4.78 is 0. The van der Waals surface area contributed by atoms with Gasteiger partial charge in [-0.1, -0.05) is 27.7 Å². The minimum atomic E-state index is 0.199. The molecule has 0 bridgehead atoms. The second-order valence-electron chi connectivity index (χ2n) is 6.29. The molecule has 1 rings (SSSR count). The Bertz CT molecular complexity index is 216. The molecule has 0 radical (unpaired) electrons. The zero-order valence-corrected chi connectivity index (χ0v) is 12.8. The van der Waals surface area contributed by atoms with Crippen molar-refractivity contribution in [3.63, 3.8) is 0 Å². The Labute approximate surface area is 113 Å². The number of hydrogen-bond acceptors (Lipinski definition) is 3. The first kappa shape index (κ1) is 15.9. The molecule has 0 aromatic rings. The van der Waals surface area contributed by atoms with Gasteiger partial charge in [-0.3, -0.25) is 0 Å². The van der Waals surface area contributed by atoms with Gasteiger partial charge >= 0.3 is 0 Å². The number of likely N-dealkylation sites (N-methyl/N-ethyl adjacent to an activating group) is 1. The Morgan fingerprint density at radius 1 is 1.17 bits per heavy atom. The van der Waals surface area contributed by atoms with Crippen LogP contribution in [-0.2, 0) is 0 Å². The molecule has 2 atom stereocenters. The van der Waals surface area contributed by atoms with Gasteiger partial charge in [0.1, 0.15) is 0 Å². The van der Waals surface area contributed by atoms with Gasteiger partial charge < -0.3 is 16.0 Å². The summed E-state index contributed by atoms with van der Waals surface area (Å²) in [4.78, 5) is 2.47. The van der Waals surface area contributed by atoms with Crippen molar-refractivity contribution in [1.29, 1.82) is 0 Å². The lowest BCUT2D eigenvalue weighted by molar-refractivity contribution is 0.144. The van der Waals surface area contributed by atoms with E-state index in [2.05, 4.69) is 37.9 Å². The molecule has 1 aliphatic rings. The number of rotatable bonds is 7. The third kappa shape index (κ3) is 4.52. The molecule has 0 amide bonds. The van der Waals surface area contributed by atoms with Gasteiger partial charge in [0.05, 0.1) is 0 Å². The first-order chi connectivity index (χ1) is 8.55. The van der Waals surface area contributed by atoms with Crippen molar-refractivity contribution in [3.8, 4) is 0 Å². The number of hydrogen-bond donors (Lipinski definition) is 2. The fraction of sp³-hybridized carbons (Fsp3) is 1.00. The average Bonchev–Trinajstić information content (AvgIpc) is 2.33. The molecule has 0 heterocycles. The molecule has 3 nitrogen and oxygen atoms in total. The lowest BCUT2D eigenvalue weighted by Gasteiger charge is -2.43. The highest BCUT2D eigenvalue weighted by Crippen LogP contribution is 2.35. The summed E-state index contributed by atoms with van der Waals surface area (Å²) in [6, 6.07) is 0. The van der Waals surface area contributed by atoms with Crippen LogP contribution in [0.1, 0.15) is 47.0 Å². The van der Waals surface area contributed by atoms with Crippen molar-refractivity contribution in [3.05, 3.63) is 0 Å². The maximum absolute atomic E-state index is 6.07. The summed E-state index contributed by atoms with van der Waals surface area (Å²) in [5.74, 6) is 1.61. The highest BCUT2D eigenvalue weighted by atomic mass is 15.1. The quantitative estimate of drug-likeness (QED) is 0.732. The second-order valence-corrected chi connectivity index (χ2v) is 6.29. The summed E-state index contributed by atoms with van der Waals surface area (Å²) in [7, 11) is 0. The first-order valence-electron chi connectivity index (χ1n) is 7.72. The SMILES string of the molecule is CCN(CC)CCNC1(CN)CC(C)CC(C)C1. The highest BCUT2D eigenvalue weighted by Gasteiger charge is 2.36. The molecule has 1 fully saturated rings. The van der Waals surface area contributed by atoms with Crippen LogP contribution in [0.3, 0.4) is 0 Å². The lowest BCUT2D eigenvalue weighted by atomic mass is 9.71. The Kier molecular flexibility index (Phi) is 6.61. The fourth-order valence-electron chi connectivity index (χ4n) is 3.67. The smallest absolute Gasteiger partial charge is 0.0309 e. The van der Waals surface area contributed by atoms with Crippen LogP contribution in [0.5, 0.6) is 0 Å². The standard InChI is InChI=1S/C15H33N3/c1-5-18(6-2)8-7-17-15(12-16)10-13(3)9-14(4)11-15/h13-14,17H,5-12,16H2,1-4H3. The van der Waals surface area contributed by atoms with Gasteiger partial charge in [0.15, 0.2) is 0 Å². The number of nitrogens with two attached hydrogens (primary N) is 1. The molecule has 18 heavy (non-hydrogen) atoms. The third-order valence-electron chi connectivity index (χ3n) is 4.50. The molecule has 108 valence electrons. The largest absolute Gasteiger partial charge is 0.329 e. The molecule has 0 spiro atoms. The van der Waals surface area contributed by atoms with E-state index in [-0.39, 0.29) is 5.54 Å². The van der Waals surface area contributed by atoms with Crippen LogP contribution in [0.2, 0.25) is 0 Å². The minimum absolute atomic E-state index is 0.199. The molecule has 0 saturated heterocycles. The molecule has 1 aliphatic carbocycles. The van der Waals surface area contributed by atoms with E-state index in [4.69, 9.17) is 5.73 Å². The zero-order chi connectivity index (χ0) is 13.6. The summed E-state index contributed by atoms with van der Waals surface area (Å²) in [6.07, 6.45) is 3.84. The van der Waals surface area contributed by atoms with E-state index < -0.39 is 0 Å². The summed E-state index contributed by atoms with van der Waals surface area (Å²) in [5.41, 5.74) is 6.27. The van der Waals surface area contributed by atoms with Gasteiger partial charge in [0.25, 0.3) is 0 Å². The van der Waals surface area contributed by atoms with Crippen molar-refractivity contribution in [2.24, 2.45) is 17.6 Å². The average molecular weight is 255 g/mol. The molecule has 3 heteroatoms. The van der Waals surface area contributed by atoms with Gasteiger partial charge in [-0.25, -0.2) is 0 Å². The second kappa shape index (κ2) is 7.46. The molecule has 0 aliphatic heterocycles. The van der Waals surface area contributed by atoms with Crippen LogP contribution in [0, 0.1) is 11.8 Å². The van der Waals surface area contributed by atoms with E-state index in [0.29, 0.717) is 0 Å². The van der Waals surface area contributed by atoms with Crippen molar-refractivity contribution in [2.75, 3.05) is 32.7 Å². The first-order valence-corrected chi connectivity index (χ1v) is 7.72. The third-order valence-corrected chi connectivity index (χ3v) is 4.50. The lowest BCUT2D eigenvalue weighted by Crippen LogP contribution is -2.56. The van der Waals surface area contributed by atoms with Crippen molar-refractivity contribution in [2.45, 2.75) is 52.5 Å². The molecule has 0 aromatic heterocycles. The topological polar surface area (TPSA) is 41.3 Å². The minimum Gasteiger partial charge on any atom is -0.329 e. The van der Waals surface area contributed by atoms with Crippen LogP contribution in [0.25, 0.3) is 0 Å². The predicted octanol–water partition coefficient (Wildman–Crippen LogP) is 2.07.